The summed E-state index contributed by atoms with van der Waals surface area (Å²) in [6, 6.07) is 14.6. The van der Waals surface area contributed by atoms with Gasteiger partial charge in [0.15, 0.2) is 5.69 Å². The van der Waals surface area contributed by atoms with Crippen molar-refractivity contribution in [1.29, 1.82) is 0 Å². The molecular weight excluding hydrogens is 410 g/mol. The second kappa shape index (κ2) is 9.81. The molecule has 1 amide bonds. The van der Waals surface area contributed by atoms with E-state index in [0.29, 0.717) is 23.3 Å². The number of nitrogens with zero attached hydrogens (tertiary/aromatic N) is 4. The molecule has 0 aliphatic carbocycles. The van der Waals surface area contributed by atoms with Crippen LogP contribution in [0.5, 0.6) is 0 Å². The van der Waals surface area contributed by atoms with Crippen molar-refractivity contribution in [3.05, 3.63) is 70.6 Å². The van der Waals surface area contributed by atoms with Crippen LogP contribution < -0.4 is 5.32 Å². The predicted octanol–water partition coefficient (Wildman–Crippen LogP) is 4.01. The van der Waals surface area contributed by atoms with Gasteiger partial charge in [-0.2, -0.15) is 0 Å². The number of hydrogen-bond donors (Lipinski definition) is 1. The molecule has 164 valence electrons. The van der Waals surface area contributed by atoms with E-state index in [1.165, 1.54) is 24.8 Å². The van der Waals surface area contributed by atoms with Crippen LogP contribution in [0.15, 0.2) is 48.7 Å². The van der Waals surface area contributed by atoms with Gasteiger partial charge in [-0.25, -0.2) is 4.98 Å². The lowest BCUT2D eigenvalue weighted by Crippen LogP contribution is -2.39. The fourth-order valence-electron chi connectivity index (χ4n) is 4.31. The highest BCUT2D eigenvalue weighted by Gasteiger charge is 2.24. The fourth-order valence-corrected chi connectivity index (χ4v) is 4.47. The second-order valence-corrected chi connectivity index (χ2v) is 8.77. The number of nitrogens with one attached hydrogen (secondary N) is 1. The van der Waals surface area contributed by atoms with E-state index in [4.69, 9.17) is 11.6 Å². The summed E-state index contributed by atoms with van der Waals surface area (Å²) in [6.45, 7) is 3.58. The molecule has 0 bridgehead atoms. The van der Waals surface area contributed by atoms with Gasteiger partial charge in [-0.3, -0.25) is 9.69 Å². The first-order chi connectivity index (χ1) is 15.0. The van der Waals surface area contributed by atoms with Crippen LogP contribution in [0.1, 0.15) is 47.1 Å². The van der Waals surface area contributed by atoms with Crippen molar-refractivity contribution < 1.29 is 4.79 Å². The smallest absolute Gasteiger partial charge is 0.273 e. The minimum absolute atomic E-state index is 0.104. The van der Waals surface area contributed by atoms with E-state index in [-0.39, 0.29) is 5.91 Å². The topological polar surface area (TPSA) is 52.9 Å². The van der Waals surface area contributed by atoms with E-state index < -0.39 is 0 Å². The van der Waals surface area contributed by atoms with Gasteiger partial charge < -0.3 is 14.6 Å². The number of hydrogen-bond acceptors (Lipinski definition) is 4. The summed E-state index contributed by atoms with van der Waals surface area (Å²) < 4.78 is 1.92. The molecule has 1 N–H and O–H groups in total. The second-order valence-electron chi connectivity index (χ2n) is 8.34. The van der Waals surface area contributed by atoms with E-state index in [9.17, 15) is 4.79 Å². The Bertz CT molecular complexity index is 1030. The third-order valence-corrected chi connectivity index (χ3v) is 6.16. The van der Waals surface area contributed by atoms with Gasteiger partial charge in [0.2, 0.25) is 0 Å². The Labute approximate surface area is 188 Å². The summed E-state index contributed by atoms with van der Waals surface area (Å²) in [5, 5.41) is 4.23. The largest absolute Gasteiger partial charge is 0.343 e. The van der Waals surface area contributed by atoms with E-state index in [1.807, 2.05) is 16.7 Å². The molecule has 1 fully saturated rings. The van der Waals surface area contributed by atoms with Crippen LogP contribution in [0.2, 0.25) is 5.02 Å². The summed E-state index contributed by atoms with van der Waals surface area (Å²) in [5.41, 5.74) is 3.35. The van der Waals surface area contributed by atoms with E-state index in [1.54, 1.807) is 25.1 Å². The van der Waals surface area contributed by atoms with Gasteiger partial charge in [0.1, 0.15) is 5.65 Å². The van der Waals surface area contributed by atoms with Crippen LogP contribution in [0.25, 0.3) is 5.65 Å². The van der Waals surface area contributed by atoms with E-state index >= 15 is 0 Å². The Morgan fingerprint density at radius 3 is 2.58 bits per heavy atom. The summed E-state index contributed by atoms with van der Waals surface area (Å²) >= 11 is 6.24. The third-order valence-electron chi connectivity index (χ3n) is 5.94. The molecule has 2 aromatic heterocycles. The molecule has 1 aromatic carbocycles. The first-order valence-corrected chi connectivity index (χ1v) is 11.3. The summed E-state index contributed by atoms with van der Waals surface area (Å²) in [6.07, 6.45) is 5.63. The normalized spacial score (nSPS) is 15.8. The van der Waals surface area contributed by atoms with Crippen molar-refractivity contribution in [3.8, 4) is 0 Å². The Hall–Kier alpha value is -2.41. The van der Waals surface area contributed by atoms with Crippen molar-refractivity contribution in [3.63, 3.8) is 0 Å². The number of rotatable bonds is 7. The monoisotopic (exact) mass is 439 g/mol. The Morgan fingerprint density at radius 2 is 1.87 bits per heavy atom. The third kappa shape index (κ3) is 4.92. The summed E-state index contributed by atoms with van der Waals surface area (Å²) in [7, 11) is 3.50. The number of halogens is 1. The van der Waals surface area contributed by atoms with Crippen LogP contribution >= 0.6 is 11.6 Å². The molecule has 1 aliphatic heterocycles. The van der Waals surface area contributed by atoms with E-state index in [2.05, 4.69) is 45.5 Å². The van der Waals surface area contributed by atoms with Crippen LogP contribution in [-0.4, -0.2) is 58.8 Å². The van der Waals surface area contributed by atoms with Gasteiger partial charge >= 0.3 is 0 Å². The molecule has 4 rings (SSSR count). The number of pyridine rings is 1. The molecule has 3 heterocycles. The molecule has 31 heavy (non-hydrogen) atoms. The summed E-state index contributed by atoms with van der Waals surface area (Å²) in [5.74, 6) is -0.104. The summed E-state index contributed by atoms with van der Waals surface area (Å²) in [4.78, 5) is 21.5. The predicted molar refractivity (Wildman–Crippen MR) is 125 cm³/mol. The number of imidazole rings is 1. The molecule has 3 aromatic rings. The minimum atomic E-state index is -0.104. The zero-order chi connectivity index (χ0) is 21.8. The lowest BCUT2D eigenvalue weighted by Gasteiger charge is -2.35. The van der Waals surface area contributed by atoms with Crippen LogP contribution in [0.3, 0.4) is 0 Å². The molecule has 0 radical (unpaired) electrons. The van der Waals surface area contributed by atoms with Gasteiger partial charge in [0, 0.05) is 39.4 Å². The molecule has 0 spiro atoms. The molecular formula is C24H30ClN5O. The molecule has 1 aliphatic rings. The average Bonchev–Trinajstić information content (AvgIpc) is 3.14. The first kappa shape index (κ1) is 21.8. The van der Waals surface area contributed by atoms with Crippen molar-refractivity contribution in [1.82, 2.24) is 24.5 Å². The van der Waals surface area contributed by atoms with Gasteiger partial charge in [0.25, 0.3) is 5.91 Å². The Morgan fingerprint density at radius 1 is 1.13 bits per heavy atom. The molecule has 0 unspecified atom stereocenters. The molecule has 6 nitrogen and oxygen atoms in total. The lowest BCUT2D eigenvalue weighted by molar-refractivity contribution is 0.0821. The number of likely N-dealkylation sites (tertiary alicyclic amines) is 1. The first-order valence-electron chi connectivity index (χ1n) is 10.9. The minimum Gasteiger partial charge on any atom is -0.343 e. The maximum atomic E-state index is 12.8. The van der Waals surface area contributed by atoms with Crippen LogP contribution in [0, 0.1) is 0 Å². The Kier molecular flexibility index (Phi) is 6.90. The highest BCUT2D eigenvalue weighted by Crippen LogP contribution is 2.24. The standard InChI is InChI=1S/C24H30ClN5O/c1-28(2)24(31)23-21(30-17-19(25)11-12-22(30)27-23)16-26-15-20(18-9-5-3-6-10-18)29-13-7-4-8-14-29/h3,5-6,9-12,17,20,26H,4,7-8,13-16H2,1-2H3/t20-/m0/s1. The highest BCUT2D eigenvalue weighted by atomic mass is 35.5. The molecule has 0 saturated carbocycles. The number of benzene rings is 1. The average molecular weight is 440 g/mol. The van der Waals surface area contributed by atoms with Gasteiger partial charge in [-0.1, -0.05) is 48.4 Å². The SMILES string of the molecule is CN(C)C(=O)c1nc2ccc(Cl)cn2c1CNC[C@@H](c1ccccc1)N1CCCCC1. The zero-order valence-electron chi connectivity index (χ0n) is 18.2. The zero-order valence-corrected chi connectivity index (χ0v) is 19.0. The number of fused-ring (bicyclic) bond motifs is 1. The van der Waals surface area contributed by atoms with E-state index in [0.717, 1.165) is 31.0 Å². The number of carbonyl (C=O) groups excluding carboxylic acids is 1. The number of piperidine rings is 1. The Balaban J connectivity index is 1.57. The lowest BCUT2D eigenvalue weighted by atomic mass is 10.0. The quantitative estimate of drug-likeness (QED) is 0.604. The van der Waals surface area contributed by atoms with Gasteiger partial charge in [-0.05, 0) is 43.6 Å². The van der Waals surface area contributed by atoms with Gasteiger partial charge in [0.05, 0.1) is 10.7 Å². The number of aromatic nitrogens is 2. The number of carbonyl (C=O) groups is 1. The highest BCUT2D eigenvalue weighted by molar-refractivity contribution is 6.30. The maximum absolute atomic E-state index is 12.8. The van der Waals surface area contributed by atoms with Crippen LogP contribution in [-0.2, 0) is 6.54 Å². The van der Waals surface area contributed by atoms with Gasteiger partial charge in [-0.15, -0.1) is 0 Å². The maximum Gasteiger partial charge on any atom is 0.273 e. The molecule has 7 heteroatoms. The fraction of sp³-hybridized carbons (Fsp3) is 0.417. The molecule has 1 saturated heterocycles. The van der Waals surface area contributed by atoms with Crippen LogP contribution in [0.4, 0.5) is 0 Å². The van der Waals surface area contributed by atoms with Crippen molar-refractivity contribution in [2.75, 3.05) is 33.7 Å². The molecule has 1 atom stereocenters. The van der Waals surface area contributed by atoms with Crippen molar-refractivity contribution in [2.24, 2.45) is 0 Å². The number of amides is 1. The van der Waals surface area contributed by atoms with Crippen molar-refractivity contribution in [2.45, 2.75) is 31.8 Å². The van der Waals surface area contributed by atoms with Crippen molar-refractivity contribution >= 4 is 23.2 Å².